The fourth-order valence-corrected chi connectivity index (χ4v) is 2.52. The molecule has 1 saturated heterocycles. The third kappa shape index (κ3) is 4.92. The summed E-state index contributed by atoms with van der Waals surface area (Å²) in [6.07, 6.45) is -1.70. The molecule has 9 heteroatoms. The van der Waals surface area contributed by atoms with Crippen molar-refractivity contribution in [1.82, 2.24) is 0 Å². The Labute approximate surface area is 107 Å². The Hall–Kier alpha value is 0.475. The van der Waals surface area contributed by atoms with E-state index in [-0.39, 0.29) is 0 Å². The lowest BCUT2D eigenvalue weighted by Crippen LogP contribution is -2.37. The highest BCUT2D eigenvalue weighted by molar-refractivity contribution is 8.06. The molecule has 17 heavy (non-hydrogen) atoms. The first kappa shape index (κ1) is 15.5. The molecule has 2 radical (unpaired) electrons. The van der Waals surface area contributed by atoms with E-state index in [1.807, 2.05) is 0 Å². The van der Waals surface area contributed by atoms with Crippen LogP contribution in [0.25, 0.3) is 0 Å². The van der Waals surface area contributed by atoms with E-state index in [1.54, 1.807) is 14.0 Å². The monoisotopic (exact) mass is 282 g/mol. The van der Waals surface area contributed by atoms with E-state index in [9.17, 15) is 0 Å². The number of hydrogen-bond acceptors (Lipinski definition) is 5. The lowest BCUT2D eigenvalue weighted by Gasteiger charge is -2.24. The first-order valence-corrected chi connectivity index (χ1v) is 7.73. The Balaban J connectivity index is 2.59. The summed E-state index contributed by atoms with van der Waals surface area (Å²) in [6.45, 7) is -1.36. The van der Waals surface area contributed by atoms with Gasteiger partial charge in [-0.3, -0.25) is 0 Å². The van der Waals surface area contributed by atoms with Crippen LogP contribution in [-0.4, -0.2) is 62.3 Å². The summed E-state index contributed by atoms with van der Waals surface area (Å²) in [4.78, 5) is 18.3. The van der Waals surface area contributed by atoms with Crippen LogP contribution in [0.15, 0.2) is 0 Å². The number of hydrogen-bond donors (Lipinski definition) is 2. The molecular weight excluding hydrogens is 266 g/mol. The smallest absolute Gasteiger partial charge is 0.322 e. The Morgan fingerprint density at radius 3 is 2.53 bits per heavy atom. The van der Waals surface area contributed by atoms with E-state index < -0.39 is 31.0 Å². The van der Waals surface area contributed by atoms with Crippen LogP contribution < -0.4 is 0 Å². The molecule has 0 aromatic heterocycles. The van der Waals surface area contributed by atoms with Crippen molar-refractivity contribution in [3.8, 4) is 0 Å². The largest absolute Gasteiger partial charge is 0.382 e. The van der Waals surface area contributed by atoms with Gasteiger partial charge in [0.15, 0.2) is 0 Å². The normalized spacial score (nSPS) is 34.1. The molecule has 1 aliphatic rings. The first-order chi connectivity index (χ1) is 7.85. The molecule has 1 unspecified atom stereocenters. The Kier molecular flexibility index (Phi) is 6.02. The van der Waals surface area contributed by atoms with E-state index in [1.165, 1.54) is 0 Å². The lowest BCUT2D eigenvalue weighted by atomic mass is 9.93. The molecule has 1 heterocycles. The average Bonchev–Trinajstić information content (AvgIpc) is 2.42. The molecule has 0 spiro atoms. The van der Waals surface area contributed by atoms with Gasteiger partial charge in [0.1, 0.15) is 20.1 Å². The van der Waals surface area contributed by atoms with Crippen molar-refractivity contribution in [1.29, 1.82) is 0 Å². The topological polar surface area (TPSA) is 77.4 Å². The molecule has 1 fully saturated rings. The summed E-state index contributed by atoms with van der Waals surface area (Å²) in [7, 11) is 7.26. The molecule has 0 aliphatic carbocycles. The van der Waals surface area contributed by atoms with Gasteiger partial charge in [-0.2, -0.15) is 0 Å². The summed E-state index contributed by atoms with van der Waals surface area (Å²) in [6, 6.07) is -0.687. The average molecular weight is 282 g/mol. The maximum absolute atomic E-state index is 9.15. The maximum atomic E-state index is 9.15. The van der Waals surface area contributed by atoms with Gasteiger partial charge >= 0.3 is 6.72 Å². The summed E-state index contributed by atoms with van der Waals surface area (Å²) >= 11 is 4.42. The molecule has 0 amide bonds. The zero-order valence-electron chi connectivity index (χ0n) is 9.68. The van der Waals surface area contributed by atoms with Crippen LogP contribution in [0, 0.1) is 0 Å². The van der Waals surface area contributed by atoms with Crippen molar-refractivity contribution in [3.63, 3.8) is 0 Å². The summed E-state index contributed by atoms with van der Waals surface area (Å²) in [5.74, 6) is 0. The van der Waals surface area contributed by atoms with Crippen LogP contribution in [0.4, 0.5) is 0 Å². The zero-order valence-corrected chi connectivity index (χ0v) is 11.4. The second-order valence-corrected chi connectivity index (χ2v) is 6.31. The molecule has 2 N–H and O–H groups in total. The van der Waals surface area contributed by atoms with Crippen molar-refractivity contribution in [3.05, 3.63) is 0 Å². The predicted octanol–water partition coefficient (Wildman–Crippen LogP) is -0.474. The van der Waals surface area contributed by atoms with Crippen molar-refractivity contribution in [2.45, 2.75) is 31.2 Å². The minimum atomic E-state index is -3.77. The second-order valence-electron chi connectivity index (χ2n) is 3.69. The molecule has 98 valence electrons. The molecule has 0 saturated carbocycles. The summed E-state index contributed by atoms with van der Waals surface area (Å²) in [5, 5.41) is 0. The van der Waals surface area contributed by atoms with Crippen molar-refractivity contribution >= 4 is 26.4 Å². The van der Waals surface area contributed by atoms with Gasteiger partial charge in [-0.05, 0) is 18.7 Å². The molecule has 4 atom stereocenters. The lowest BCUT2D eigenvalue weighted by molar-refractivity contribution is -0.0324. The van der Waals surface area contributed by atoms with Crippen LogP contribution in [0.1, 0.15) is 6.92 Å². The Morgan fingerprint density at radius 1 is 1.35 bits per heavy atom. The third-order valence-electron chi connectivity index (χ3n) is 2.34. The van der Waals surface area contributed by atoms with Crippen molar-refractivity contribution in [2.75, 3.05) is 20.3 Å². The molecule has 0 aromatic rings. The zero-order chi connectivity index (χ0) is 13.1. The van der Waals surface area contributed by atoms with E-state index in [0.717, 1.165) is 0 Å². The number of methoxy groups -OCH3 is 1. The molecule has 6 nitrogen and oxygen atoms in total. The van der Waals surface area contributed by atoms with Gasteiger partial charge in [0.05, 0.1) is 19.3 Å². The Bertz CT molecular complexity index is 287. The molecule has 1 aliphatic heterocycles. The highest BCUT2D eigenvalue weighted by atomic mass is 32.5. The van der Waals surface area contributed by atoms with Gasteiger partial charge in [-0.25, -0.2) is 0 Å². The van der Waals surface area contributed by atoms with Gasteiger partial charge in [0, 0.05) is 13.1 Å². The van der Waals surface area contributed by atoms with Gasteiger partial charge in [0.25, 0.3) is 0 Å². The van der Waals surface area contributed by atoms with Gasteiger partial charge < -0.3 is 28.5 Å². The van der Waals surface area contributed by atoms with E-state index >= 15 is 0 Å². The summed E-state index contributed by atoms with van der Waals surface area (Å²) in [5.41, 5.74) is 0. The van der Waals surface area contributed by atoms with Crippen LogP contribution in [0.3, 0.4) is 0 Å². The minimum absolute atomic E-state index is 0.310. The van der Waals surface area contributed by atoms with E-state index in [0.29, 0.717) is 13.2 Å². The molecule has 1 rings (SSSR count). The fourth-order valence-electron chi connectivity index (χ4n) is 1.62. The van der Waals surface area contributed by atoms with E-state index in [4.69, 9.17) is 36.4 Å². The van der Waals surface area contributed by atoms with E-state index in [2.05, 4.69) is 11.8 Å². The maximum Gasteiger partial charge on any atom is 0.322 e. The van der Waals surface area contributed by atoms with Crippen molar-refractivity contribution in [2.24, 2.45) is 0 Å². The third-order valence-corrected chi connectivity index (χ3v) is 3.12. The summed E-state index contributed by atoms with van der Waals surface area (Å²) < 4.78 is 20.6. The fraction of sp³-hybridized carbons (Fsp3) is 1.00. The van der Waals surface area contributed by atoms with Gasteiger partial charge in [-0.15, -0.1) is 0 Å². The highest BCUT2D eigenvalue weighted by Crippen LogP contribution is 2.42. The number of ether oxygens (including phenoxy) is 3. The SMILES string of the molecule is [B][C@@H]1O[C@H](C)C(OP(O)(O)=S)[C@@H]1OCCOC. The number of rotatable bonds is 6. The molecule has 0 bridgehead atoms. The van der Waals surface area contributed by atoms with Crippen LogP contribution >= 0.6 is 6.72 Å². The highest BCUT2D eigenvalue weighted by Gasteiger charge is 2.43. The van der Waals surface area contributed by atoms with Gasteiger partial charge in [0.2, 0.25) is 0 Å². The quantitative estimate of drug-likeness (QED) is 0.387. The van der Waals surface area contributed by atoms with Crippen molar-refractivity contribution < 1.29 is 28.5 Å². The minimum Gasteiger partial charge on any atom is -0.382 e. The standard InChI is InChI=1S/C8H16BO6PS/c1-5-6(15-16(10,11)17)7(8(9)14-5)13-4-3-12-2/h5-8H,3-4H2,1-2H3,(H2,10,11,17)/t5-,6?,7+,8-/m1/s1. The second kappa shape index (κ2) is 6.59. The first-order valence-electron chi connectivity index (χ1n) is 5.10. The van der Waals surface area contributed by atoms with Crippen LogP contribution in [0.2, 0.25) is 0 Å². The van der Waals surface area contributed by atoms with Crippen LogP contribution in [-0.2, 0) is 30.5 Å². The Morgan fingerprint density at radius 2 is 2.00 bits per heavy atom. The van der Waals surface area contributed by atoms with Crippen LogP contribution in [0.5, 0.6) is 0 Å². The molecule has 0 aromatic carbocycles. The molecular formula is C8H16BO6PS. The van der Waals surface area contributed by atoms with Gasteiger partial charge in [-0.1, -0.05) is 0 Å². The predicted molar refractivity (Wildman–Crippen MR) is 65.3 cm³/mol.